The highest BCUT2D eigenvalue weighted by molar-refractivity contribution is 7.07. The summed E-state index contributed by atoms with van der Waals surface area (Å²) in [4.78, 5) is 0. The Balaban J connectivity index is 2.23. The largest absolute Gasteiger partial charge is 0.468 e. The lowest BCUT2D eigenvalue weighted by molar-refractivity contribution is 0.332. The van der Waals surface area contributed by atoms with Crippen LogP contribution in [0.25, 0.3) is 0 Å². The molecule has 1 rings (SSSR count). The minimum absolute atomic E-state index is 0.793. The van der Waals surface area contributed by atoms with Gasteiger partial charge in [0.2, 0.25) is 0 Å². The van der Waals surface area contributed by atoms with Crippen LogP contribution in [0, 0.1) is 0 Å². The van der Waals surface area contributed by atoms with Gasteiger partial charge in [-0.2, -0.15) is 0 Å². The van der Waals surface area contributed by atoms with Gasteiger partial charge >= 0.3 is 21.7 Å². The van der Waals surface area contributed by atoms with E-state index in [4.69, 9.17) is 15.5 Å². The topological polar surface area (TPSA) is 27.7 Å². The first kappa shape index (κ1) is 6.33. The van der Waals surface area contributed by atoms with E-state index in [1.807, 2.05) is 0 Å². The van der Waals surface area contributed by atoms with Crippen molar-refractivity contribution in [1.29, 1.82) is 0 Å². The molecule has 5 radical (unpaired) electrons. The lowest BCUT2D eigenvalue weighted by Gasteiger charge is -2.21. The van der Waals surface area contributed by atoms with Crippen LogP contribution in [-0.2, 0) is 13.7 Å². The van der Waals surface area contributed by atoms with Gasteiger partial charge in [-0.1, -0.05) is 0 Å². The van der Waals surface area contributed by atoms with E-state index in [1.165, 1.54) is 0 Å². The van der Waals surface area contributed by atoms with Crippen LogP contribution < -0.4 is 0 Å². The molecule has 8 heteroatoms. The van der Waals surface area contributed by atoms with Gasteiger partial charge in [-0.3, -0.25) is 0 Å². The van der Waals surface area contributed by atoms with E-state index in [1.54, 1.807) is 0 Å². The Bertz CT molecular complexity index is 66.1. The molecule has 33 valence electrons. The van der Waals surface area contributed by atoms with Crippen molar-refractivity contribution in [3.05, 3.63) is 0 Å². The Kier molecular flexibility index (Phi) is 2.11. The fourth-order valence-electron chi connectivity index (χ4n) is 0.338. The summed E-state index contributed by atoms with van der Waals surface area (Å²) in [5.74, 6) is 0. The molecule has 1 fully saturated rings. The van der Waals surface area contributed by atoms with Crippen molar-refractivity contribution in [3.8, 4) is 0 Å². The molecular formula is B5O3. The Morgan fingerprint density at radius 3 is 1.88 bits per heavy atom. The molecule has 1 aliphatic rings. The van der Waals surface area contributed by atoms with Gasteiger partial charge in [0.25, 0.3) is 0 Å². The van der Waals surface area contributed by atoms with Crippen molar-refractivity contribution in [2.75, 3.05) is 0 Å². The van der Waals surface area contributed by atoms with E-state index in [2.05, 4.69) is 13.7 Å². The van der Waals surface area contributed by atoms with Crippen LogP contribution in [-0.4, -0.2) is 37.2 Å². The van der Waals surface area contributed by atoms with Crippen molar-refractivity contribution in [2.24, 2.45) is 0 Å². The smallest absolute Gasteiger partial charge is 0.457 e. The number of rotatable bonds is 0. The maximum Gasteiger partial charge on any atom is 0.457 e. The Labute approximate surface area is 51.8 Å². The highest BCUT2D eigenvalue weighted by atomic mass is 16.7. The number of hydrogen-bond donors (Lipinski definition) is 0. The van der Waals surface area contributed by atoms with Crippen LogP contribution in [0.4, 0.5) is 0 Å². The van der Waals surface area contributed by atoms with Gasteiger partial charge in [-0.05, 0) is 0 Å². The molecule has 3 nitrogen and oxygen atoms in total. The van der Waals surface area contributed by atoms with Gasteiger partial charge in [-0.15, -0.1) is 0 Å². The van der Waals surface area contributed by atoms with Crippen LogP contribution in [0.2, 0.25) is 0 Å². The molecule has 0 aliphatic carbocycles. The van der Waals surface area contributed by atoms with Crippen molar-refractivity contribution >= 4 is 37.2 Å². The summed E-state index contributed by atoms with van der Waals surface area (Å²) in [5.41, 5.74) is 0. The second-order valence-electron chi connectivity index (χ2n) is 1.24. The molecule has 0 amide bonds. The Morgan fingerprint density at radius 2 is 1.62 bits per heavy atom. The standard InChI is InChI=1S/B5O3/c1-4-6-3-7-5(2)8-4. The summed E-state index contributed by atoms with van der Waals surface area (Å²) in [6, 6.07) is 0. The monoisotopic (exact) mass is 103 g/mol. The van der Waals surface area contributed by atoms with E-state index < -0.39 is 14.0 Å². The molecule has 0 aromatic carbocycles. The van der Waals surface area contributed by atoms with Gasteiger partial charge < -0.3 is 13.7 Å². The summed E-state index contributed by atoms with van der Waals surface area (Å²) < 4.78 is 13.5. The molecular weight excluding hydrogens is 102 g/mol. The van der Waals surface area contributed by atoms with Crippen LogP contribution in [0.5, 0.6) is 0 Å². The van der Waals surface area contributed by atoms with Crippen LogP contribution >= 0.6 is 0 Å². The van der Waals surface area contributed by atoms with Crippen molar-refractivity contribution in [1.82, 2.24) is 0 Å². The Morgan fingerprint density at radius 1 is 1.12 bits per heavy atom. The third-order valence-electron chi connectivity index (χ3n) is 0.648. The summed E-state index contributed by atoms with van der Waals surface area (Å²) in [6.45, 7) is 0. The molecule has 1 aliphatic heterocycles. The predicted octanol–water partition coefficient (Wildman–Crippen LogP) is -2.11. The van der Waals surface area contributed by atoms with Crippen molar-refractivity contribution in [3.63, 3.8) is 0 Å². The third kappa shape index (κ3) is 1.61. The average molecular weight is 102 g/mol. The molecule has 0 spiro atoms. The van der Waals surface area contributed by atoms with E-state index in [9.17, 15) is 0 Å². The summed E-state index contributed by atoms with van der Waals surface area (Å²) in [5, 5.41) is 0. The average Bonchev–Trinajstić information content (AvgIpc) is 1.64. The normalized spacial score (nSPS) is 20.5. The quantitative estimate of drug-likeness (QED) is 0.328. The summed E-state index contributed by atoms with van der Waals surface area (Å²) >= 11 is 0. The first-order valence-corrected chi connectivity index (χ1v) is 2.08. The van der Waals surface area contributed by atoms with Crippen LogP contribution in [0.3, 0.4) is 0 Å². The maximum absolute atomic E-state index is 5.09. The molecule has 0 saturated carbocycles. The molecule has 0 N–H and O–H groups in total. The van der Waals surface area contributed by atoms with Gasteiger partial charge in [0, 0.05) is 0 Å². The highest BCUT2D eigenvalue weighted by Gasteiger charge is 2.23. The molecule has 0 aromatic rings. The molecule has 0 unspecified atom stereocenters. The minimum Gasteiger partial charge on any atom is -0.468 e. The van der Waals surface area contributed by atoms with Crippen molar-refractivity contribution < 1.29 is 13.7 Å². The van der Waals surface area contributed by atoms with Crippen LogP contribution in [0.1, 0.15) is 0 Å². The number of hydrogen-bond acceptors (Lipinski definition) is 3. The zero-order valence-electron chi connectivity index (χ0n) is 4.11. The van der Waals surface area contributed by atoms with E-state index in [0.717, 1.165) is 7.69 Å². The molecule has 0 atom stereocenters. The molecule has 1 heterocycles. The van der Waals surface area contributed by atoms with E-state index >= 15 is 0 Å². The molecule has 1 saturated heterocycles. The maximum atomic E-state index is 5.09. The summed E-state index contributed by atoms with van der Waals surface area (Å²) in [6.07, 6.45) is 0. The molecule has 0 bridgehead atoms. The lowest BCUT2D eigenvalue weighted by atomic mass is 9.52. The zero-order chi connectivity index (χ0) is 5.98. The first-order valence-electron chi connectivity index (χ1n) is 2.08. The van der Waals surface area contributed by atoms with Gasteiger partial charge in [-0.25, -0.2) is 0 Å². The first-order chi connectivity index (χ1) is 3.79. The second kappa shape index (κ2) is 2.66. The predicted molar refractivity (Wildman–Crippen MR) is 32.0 cm³/mol. The second-order valence-corrected chi connectivity index (χ2v) is 1.24. The van der Waals surface area contributed by atoms with Crippen LogP contribution in [0.15, 0.2) is 0 Å². The fourth-order valence-corrected chi connectivity index (χ4v) is 0.338. The zero-order valence-corrected chi connectivity index (χ0v) is 4.11. The van der Waals surface area contributed by atoms with Gasteiger partial charge in [0.1, 0.15) is 15.5 Å². The SMILES string of the molecule is [B]B1O[B]OB([B])O1. The Hall–Kier alpha value is 0.205. The summed E-state index contributed by atoms with van der Waals surface area (Å²) in [7, 11) is 9.65. The van der Waals surface area contributed by atoms with Gasteiger partial charge in [0.15, 0.2) is 0 Å². The van der Waals surface area contributed by atoms with Crippen molar-refractivity contribution in [2.45, 2.75) is 0 Å². The third-order valence-corrected chi connectivity index (χ3v) is 0.648. The molecule has 0 aromatic heterocycles. The highest BCUT2D eigenvalue weighted by Crippen LogP contribution is 1.94. The molecule has 8 heavy (non-hydrogen) atoms. The lowest BCUT2D eigenvalue weighted by Crippen LogP contribution is -2.43. The fraction of sp³-hybridized carbons (Fsp3) is 0. The van der Waals surface area contributed by atoms with E-state index in [0.29, 0.717) is 0 Å². The van der Waals surface area contributed by atoms with E-state index in [-0.39, 0.29) is 0 Å². The van der Waals surface area contributed by atoms with Gasteiger partial charge in [0.05, 0.1) is 0 Å². The minimum atomic E-state index is -0.793.